The number of benzene rings is 1. The molecular formula is C17H18FN3O. The Hall–Kier alpha value is -2.69. The number of primary amides is 1. The third kappa shape index (κ3) is 3.14. The molecule has 4 nitrogen and oxygen atoms in total. The molecule has 0 bridgehead atoms. The molecule has 2 unspecified atom stereocenters. The van der Waals surface area contributed by atoms with Crippen molar-refractivity contribution in [3.63, 3.8) is 0 Å². The van der Waals surface area contributed by atoms with Gasteiger partial charge in [0.1, 0.15) is 5.82 Å². The van der Waals surface area contributed by atoms with Crippen LogP contribution in [0.3, 0.4) is 0 Å². The lowest BCUT2D eigenvalue weighted by atomic mass is 9.81. The quantitative estimate of drug-likeness (QED) is 0.745. The van der Waals surface area contributed by atoms with Gasteiger partial charge >= 0.3 is 0 Å². The molecule has 0 fully saturated rings. The van der Waals surface area contributed by atoms with E-state index in [-0.39, 0.29) is 11.5 Å². The number of carbonyl (C=O) groups is 1. The highest BCUT2D eigenvalue weighted by molar-refractivity contribution is 6.07. The molecule has 2 atom stereocenters. The molecule has 0 radical (unpaired) electrons. The normalized spacial score (nSPS) is 21.4. The van der Waals surface area contributed by atoms with Crippen LogP contribution >= 0.6 is 0 Å². The van der Waals surface area contributed by atoms with Crippen LogP contribution in [0.4, 0.5) is 4.39 Å². The summed E-state index contributed by atoms with van der Waals surface area (Å²) in [6.45, 7) is 1.71. The summed E-state index contributed by atoms with van der Waals surface area (Å²) in [6.07, 6.45) is 6.96. The van der Waals surface area contributed by atoms with Crippen LogP contribution in [-0.2, 0) is 4.79 Å². The van der Waals surface area contributed by atoms with Gasteiger partial charge in [0.25, 0.3) is 0 Å². The van der Waals surface area contributed by atoms with Gasteiger partial charge in [-0.15, -0.1) is 0 Å². The van der Waals surface area contributed by atoms with Crippen molar-refractivity contribution in [1.29, 1.82) is 5.41 Å². The third-order valence-electron chi connectivity index (χ3n) is 3.76. The van der Waals surface area contributed by atoms with Crippen molar-refractivity contribution in [2.45, 2.75) is 6.92 Å². The summed E-state index contributed by atoms with van der Waals surface area (Å²) in [4.78, 5) is 11.5. The Morgan fingerprint density at radius 1 is 1.09 bits per heavy atom. The summed E-state index contributed by atoms with van der Waals surface area (Å²) in [5, 5.41) is 8.33. The summed E-state index contributed by atoms with van der Waals surface area (Å²) < 4.78 is 13.0. The Labute approximate surface area is 128 Å². The van der Waals surface area contributed by atoms with Crippen molar-refractivity contribution in [2.75, 3.05) is 0 Å². The van der Waals surface area contributed by atoms with Crippen molar-refractivity contribution in [3.05, 3.63) is 65.5 Å². The average molecular weight is 299 g/mol. The minimum absolute atomic E-state index is 0.228. The van der Waals surface area contributed by atoms with E-state index < -0.39 is 17.7 Å². The van der Waals surface area contributed by atoms with E-state index in [4.69, 9.17) is 16.9 Å². The first kappa shape index (κ1) is 15.7. The van der Waals surface area contributed by atoms with E-state index in [1.165, 1.54) is 12.1 Å². The molecule has 0 saturated heterocycles. The highest BCUT2D eigenvalue weighted by Crippen LogP contribution is 2.26. The van der Waals surface area contributed by atoms with E-state index in [0.29, 0.717) is 16.8 Å². The van der Waals surface area contributed by atoms with Crippen LogP contribution in [0.5, 0.6) is 0 Å². The Bertz CT molecular complexity index is 686. The first-order valence-electron chi connectivity index (χ1n) is 6.87. The zero-order valence-electron chi connectivity index (χ0n) is 12.2. The predicted octanol–water partition coefficient (Wildman–Crippen LogP) is 2.38. The summed E-state index contributed by atoms with van der Waals surface area (Å²) >= 11 is 0. The second-order valence-electron chi connectivity index (χ2n) is 5.18. The SMILES string of the molecule is C/C(C(=N)C1C=CC=CC1C(N)=O)=C(/N)c1ccc(F)cc1. The van der Waals surface area contributed by atoms with Gasteiger partial charge in [-0.3, -0.25) is 4.79 Å². The summed E-state index contributed by atoms with van der Waals surface area (Å²) in [5.41, 5.74) is 13.3. The van der Waals surface area contributed by atoms with E-state index in [1.807, 2.05) is 0 Å². The molecule has 22 heavy (non-hydrogen) atoms. The lowest BCUT2D eigenvalue weighted by Gasteiger charge is -2.23. The summed E-state index contributed by atoms with van der Waals surface area (Å²) in [7, 11) is 0. The maximum atomic E-state index is 13.0. The molecule has 0 saturated carbocycles. The van der Waals surface area contributed by atoms with Gasteiger partial charge in [-0.25, -0.2) is 4.39 Å². The maximum absolute atomic E-state index is 13.0. The fraction of sp³-hybridized carbons (Fsp3) is 0.176. The van der Waals surface area contributed by atoms with Crippen molar-refractivity contribution < 1.29 is 9.18 Å². The number of hydrogen-bond acceptors (Lipinski definition) is 3. The number of amides is 1. The largest absolute Gasteiger partial charge is 0.398 e. The lowest BCUT2D eigenvalue weighted by molar-refractivity contribution is -0.120. The maximum Gasteiger partial charge on any atom is 0.225 e. The number of carbonyl (C=O) groups excluding carboxylic acids is 1. The van der Waals surface area contributed by atoms with Gasteiger partial charge in [0.2, 0.25) is 5.91 Å². The number of hydrogen-bond donors (Lipinski definition) is 3. The molecule has 1 aromatic carbocycles. The zero-order valence-corrected chi connectivity index (χ0v) is 12.2. The number of allylic oxidation sites excluding steroid dienone is 4. The summed E-state index contributed by atoms with van der Waals surface area (Å²) in [5.74, 6) is -1.84. The van der Waals surface area contributed by atoms with Gasteiger partial charge in [-0.05, 0) is 42.3 Å². The number of nitrogens with two attached hydrogens (primary N) is 2. The van der Waals surface area contributed by atoms with E-state index in [1.54, 1.807) is 43.4 Å². The van der Waals surface area contributed by atoms with Gasteiger partial charge in [0.15, 0.2) is 0 Å². The van der Waals surface area contributed by atoms with E-state index in [0.717, 1.165) is 0 Å². The van der Waals surface area contributed by atoms with Crippen LogP contribution in [0.1, 0.15) is 12.5 Å². The average Bonchev–Trinajstić information content (AvgIpc) is 2.53. The minimum Gasteiger partial charge on any atom is -0.398 e. The Morgan fingerprint density at radius 2 is 1.64 bits per heavy atom. The monoisotopic (exact) mass is 299 g/mol. The molecule has 1 aliphatic rings. The molecule has 1 amide bonds. The molecule has 5 N–H and O–H groups in total. The van der Waals surface area contributed by atoms with E-state index >= 15 is 0 Å². The van der Waals surface area contributed by atoms with Gasteiger partial charge in [-0.2, -0.15) is 0 Å². The minimum atomic E-state index is -0.562. The van der Waals surface area contributed by atoms with Crippen LogP contribution in [0.25, 0.3) is 5.70 Å². The highest BCUT2D eigenvalue weighted by atomic mass is 19.1. The van der Waals surface area contributed by atoms with Gasteiger partial charge < -0.3 is 16.9 Å². The van der Waals surface area contributed by atoms with Crippen LogP contribution in [0.2, 0.25) is 0 Å². The second kappa shape index (κ2) is 6.39. The zero-order chi connectivity index (χ0) is 16.3. The molecule has 114 valence electrons. The van der Waals surface area contributed by atoms with Gasteiger partial charge in [0, 0.05) is 17.3 Å². The first-order chi connectivity index (χ1) is 10.4. The van der Waals surface area contributed by atoms with E-state index in [2.05, 4.69) is 0 Å². The number of nitrogens with one attached hydrogen (secondary N) is 1. The topological polar surface area (TPSA) is 93.0 Å². The smallest absolute Gasteiger partial charge is 0.225 e. The molecule has 0 heterocycles. The van der Waals surface area contributed by atoms with Crippen LogP contribution in [0, 0.1) is 23.1 Å². The van der Waals surface area contributed by atoms with Gasteiger partial charge in [-0.1, -0.05) is 24.3 Å². The van der Waals surface area contributed by atoms with E-state index in [9.17, 15) is 9.18 Å². The van der Waals surface area contributed by atoms with Crippen LogP contribution in [0.15, 0.2) is 54.1 Å². The van der Waals surface area contributed by atoms with Gasteiger partial charge in [0.05, 0.1) is 5.92 Å². The molecular weight excluding hydrogens is 281 g/mol. The summed E-state index contributed by atoms with van der Waals surface area (Å²) in [6, 6.07) is 5.75. The third-order valence-corrected chi connectivity index (χ3v) is 3.76. The molecule has 0 spiro atoms. The van der Waals surface area contributed by atoms with Crippen molar-refractivity contribution in [2.24, 2.45) is 23.3 Å². The highest BCUT2D eigenvalue weighted by Gasteiger charge is 2.28. The van der Waals surface area contributed by atoms with Crippen LogP contribution in [-0.4, -0.2) is 11.6 Å². The number of rotatable bonds is 4. The van der Waals surface area contributed by atoms with Crippen molar-refractivity contribution in [1.82, 2.24) is 0 Å². The predicted molar refractivity (Wildman–Crippen MR) is 85.4 cm³/mol. The standard InChI is InChI=1S/C17H18FN3O/c1-10(15(19)11-6-8-12(18)9-7-11)16(20)13-4-2-3-5-14(13)17(21)22/h2-9,13-14,20H,19H2,1H3,(H2,21,22)/b15-10-,20-16?. The van der Waals surface area contributed by atoms with Crippen molar-refractivity contribution in [3.8, 4) is 0 Å². The first-order valence-corrected chi connectivity index (χ1v) is 6.87. The lowest BCUT2D eigenvalue weighted by Crippen LogP contribution is -2.33. The fourth-order valence-corrected chi connectivity index (χ4v) is 2.40. The molecule has 5 heteroatoms. The fourth-order valence-electron chi connectivity index (χ4n) is 2.40. The Morgan fingerprint density at radius 3 is 2.18 bits per heavy atom. The molecule has 0 aliphatic heterocycles. The Kier molecular flexibility index (Phi) is 4.56. The molecule has 2 rings (SSSR count). The molecule has 0 aromatic heterocycles. The number of halogens is 1. The van der Waals surface area contributed by atoms with Crippen molar-refractivity contribution >= 4 is 17.3 Å². The molecule has 1 aromatic rings. The van der Waals surface area contributed by atoms with Crippen LogP contribution < -0.4 is 11.5 Å². The second-order valence-corrected chi connectivity index (χ2v) is 5.18. The molecule has 1 aliphatic carbocycles. The Balaban J connectivity index is 2.32.